The number of benzene rings is 2. The molecule has 0 aliphatic rings. The van der Waals surface area contributed by atoms with Crippen molar-refractivity contribution in [2.75, 3.05) is 5.88 Å². The summed E-state index contributed by atoms with van der Waals surface area (Å²) in [6, 6.07) is 9.70. The van der Waals surface area contributed by atoms with Gasteiger partial charge in [0.2, 0.25) is 0 Å². The molecule has 82 valence electrons. The molecule has 0 spiro atoms. The summed E-state index contributed by atoms with van der Waals surface area (Å²) in [4.78, 5) is 11.1. The van der Waals surface area contributed by atoms with Crippen LogP contribution in [0.25, 0.3) is 10.8 Å². The molecule has 2 aromatic rings. The third kappa shape index (κ3) is 1.93. The average Bonchev–Trinajstić information content (AvgIpc) is 2.31. The Morgan fingerprint density at radius 1 is 1.25 bits per heavy atom. The molecule has 2 rings (SSSR count). The van der Waals surface area contributed by atoms with Gasteiger partial charge >= 0.3 is 0 Å². The molecule has 0 fully saturated rings. The van der Waals surface area contributed by atoms with Gasteiger partial charge in [0.05, 0.1) is 5.02 Å². The van der Waals surface area contributed by atoms with E-state index in [1.54, 1.807) is 0 Å². The van der Waals surface area contributed by atoms with Crippen LogP contribution in [0.5, 0.6) is 0 Å². The summed E-state index contributed by atoms with van der Waals surface area (Å²) in [5.41, 5.74) is 1.48. The molecule has 0 saturated carbocycles. The van der Waals surface area contributed by atoms with Crippen LogP contribution in [0, 0.1) is 0 Å². The normalized spacial score (nSPS) is 10.6. The summed E-state index contributed by atoms with van der Waals surface area (Å²) < 4.78 is 0. The Balaban J connectivity index is 2.77. The van der Waals surface area contributed by atoms with Crippen molar-refractivity contribution in [3.8, 4) is 0 Å². The Hall–Kier alpha value is -1.05. The van der Waals surface area contributed by atoms with Gasteiger partial charge in [-0.25, -0.2) is 0 Å². The van der Waals surface area contributed by atoms with E-state index in [0.717, 1.165) is 22.6 Å². The Morgan fingerprint density at radius 2 is 2.00 bits per heavy atom. The first-order valence-electron chi connectivity index (χ1n) is 4.99. The van der Waals surface area contributed by atoms with Crippen LogP contribution in [0.1, 0.15) is 15.9 Å². The lowest BCUT2D eigenvalue weighted by atomic mass is 10.0. The van der Waals surface area contributed by atoms with Crippen molar-refractivity contribution in [3.05, 3.63) is 46.5 Å². The topological polar surface area (TPSA) is 17.1 Å². The fraction of sp³-hybridized carbons (Fsp3) is 0.154. The fourth-order valence-electron chi connectivity index (χ4n) is 1.81. The molecule has 0 radical (unpaired) electrons. The first kappa shape index (κ1) is 11.4. The number of carbonyl (C=O) groups is 1. The maximum atomic E-state index is 11.1. The van der Waals surface area contributed by atoms with Gasteiger partial charge in [-0.05, 0) is 28.8 Å². The van der Waals surface area contributed by atoms with Gasteiger partial charge in [-0.15, -0.1) is 11.6 Å². The van der Waals surface area contributed by atoms with Crippen LogP contribution in [0.3, 0.4) is 0 Å². The Labute approximate surface area is 104 Å². The second-order valence-electron chi connectivity index (χ2n) is 3.54. The van der Waals surface area contributed by atoms with Gasteiger partial charge in [0.1, 0.15) is 0 Å². The molecule has 3 heteroatoms. The zero-order chi connectivity index (χ0) is 11.5. The van der Waals surface area contributed by atoms with E-state index in [1.165, 1.54) is 0 Å². The molecule has 0 amide bonds. The first-order valence-corrected chi connectivity index (χ1v) is 5.90. The number of aryl methyl sites for hydroxylation is 1. The minimum atomic E-state index is 0.496. The van der Waals surface area contributed by atoms with Crippen LogP contribution in [-0.4, -0.2) is 12.2 Å². The number of aldehydes is 1. The zero-order valence-corrected chi connectivity index (χ0v) is 10.1. The van der Waals surface area contributed by atoms with Gasteiger partial charge in [-0.1, -0.05) is 35.9 Å². The molecule has 0 unspecified atom stereocenters. The van der Waals surface area contributed by atoms with Gasteiger partial charge in [-0.2, -0.15) is 0 Å². The van der Waals surface area contributed by atoms with Crippen molar-refractivity contribution in [1.29, 1.82) is 0 Å². The Kier molecular flexibility index (Phi) is 3.47. The van der Waals surface area contributed by atoms with Gasteiger partial charge < -0.3 is 0 Å². The van der Waals surface area contributed by atoms with E-state index in [1.807, 2.05) is 30.3 Å². The number of halogens is 2. The van der Waals surface area contributed by atoms with E-state index < -0.39 is 0 Å². The quantitative estimate of drug-likeness (QED) is 0.594. The molecule has 0 atom stereocenters. The van der Waals surface area contributed by atoms with Crippen LogP contribution in [0.15, 0.2) is 30.3 Å². The lowest BCUT2D eigenvalue weighted by Crippen LogP contribution is -1.94. The summed E-state index contributed by atoms with van der Waals surface area (Å²) in [5.74, 6) is 0.496. The molecule has 0 aliphatic heterocycles. The van der Waals surface area contributed by atoms with E-state index in [2.05, 4.69) is 0 Å². The van der Waals surface area contributed by atoms with Crippen LogP contribution in [-0.2, 0) is 6.42 Å². The second-order valence-corrected chi connectivity index (χ2v) is 4.30. The summed E-state index contributed by atoms with van der Waals surface area (Å²) >= 11 is 11.9. The van der Waals surface area contributed by atoms with Crippen molar-refractivity contribution < 1.29 is 4.79 Å². The van der Waals surface area contributed by atoms with Gasteiger partial charge in [-0.3, -0.25) is 4.79 Å². The molecule has 0 aliphatic carbocycles. The number of carbonyl (C=O) groups excluding carboxylic acids is 1. The van der Waals surface area contributed by atoms with Crippen LogP contribution in [0.2, 0.25) is 5.02 Å². The molecule has 0 aromatic heterocycles. The molecule has 0 bridgehead atoms. The fourth-order valence-corrected chi connectivity index (χ4v) is 2.31. The Bertz CT molecular complexity index is 535. The summed E-state index contributed by atoms with van der Waals surface area (Å²) in [6.45, 7) is 0. The summed E-state index contributed by atoms with van der Waals surface area (Å²) in [6.07, 6.45) is 1.48. The number of fused-ring (bicyclic) bond motifs is 1. The van der Waals surface area contributed by atoms with Crippen LogP contribution in [0.4, 0.5) is 0 Å². The van der Waals surface area contributed by atoms with Gasteiger partial charge in [0.25, 0.3) is 0 Å². The molecule has 1 nitrogen and oxygen atoms in total. The Morgan fingerprint density at radius 3 is 2.69 bits per heavy atom. The molecule has 0 saturated heterocycles. The van der Waals surface area contributed by atoms with Crippen molar-refractivity contribution in [2.45, 2.75) is 6.42 Å². The molecular weight excluding hydrogens is 243 g/mol. The second kappa shape index (κ2) is 4.86. The highest BCUT2D eigenvalue weighted by atomic mass is 35.5. The predicted molar refractivity (Wildman–Crippen MR) is 68.8 cm³/mol. The average molecular weight is 253 g/mol. The summed E-state index contributed by atoms with van der Waals surface area (Å²) in [5, 5.41) is 2.43. The predicted octanol–water partition coefficient (Wildman–Crippen LogP) is 4.09. The smallest absolute Gasteiger partial charge is 0.152 e. The van der Waals surface area contributed by atoms with E-state index >= 15 is 0 Å². The standard InChI is InChI=1S/C13H10Cl2O/c14-6-5-10-7-9-3-1-2-4-11(9)12(8-16)13(10)15/h1-4,7-8H,5-6H2. The maximum Gasteiger partial charge on any atom is 0.152 e. The van der Waals surface area contributed by atoms with Crippen LogP contribution < -0.4 is 0 Å². The number of hydrogen-bond acceptors (Lipinski definition) is 1. The van der Waals surface area contributed by atoms with Crippen LogP contribution >= 0.6 is 23.2 Å². The number of alkyl halides is 1. The monoisotopic (exact) mass is 252 g/mol. The first-order chi connectivity index (χ1) is 7.77. The molecular formula is C13H10Cl2O. The highest BCUT2D eigenvalue weighted by Crippen LogP contribution is 2.29. The van der Waals surface area contributed by atoms with E-state index in [4.69, 9.17) is 23.2 Å². The van der Waals surface area contributed by atoms with Crippen molar-refractivity contribution in [2.24, 2.45) is 0 Å². The SMILES string of the molecule is O=Cc1c(Cl)c(CCCl)cc2ccccc12. The van der Waals surface area contributed by atoms with Gasteiger partial charge in [0.15, 0.2) is 6.29 Å². The van der Waals surface area contributed by atoms with E-state index in [9.17, 15) is 4.79 Å². The van der Waals surface area contributed by atoms with Crippen molar-refractivity contribution >= 4 is 40.3 Å². The van der Waals surface area contributed by atoms with Crippen molar-refractivity contribution in [3.63, 3.8) is 0 Å². The van der Waals surface area contributed by atoms with Crippen molar-refractivity contribution in [1.82, 2.24) is 0 Å². The largest absolute Gasteiger partial charge is 0.298 e. The lowest BCUT2D eigenvalue weighted by Gasteiger charge is -2.08. The van der Waals surface area contributed by atoms with Gasteiger partial charge in [0, 0.05) is 11.4 Å². The highest BCUT2D eigenvalue weighted by Gasteiger charge is 2.10. The minimum absolute atomic E-state index is 0.496. The maximum absolute atomic E-state index is 11.1. The summed E-state index contributed by atoms with van der Waals surface area (Å²) in [7, 11) is 0. The number of hydrogen-bond donors (Lipinski definition) is 0. The highest BCUT2D eigenvalue weighted by molar-refractivity contribution is 6.35. The third-order valence-corrected chi connectivity index (χ3v) is 3.22. The lowest BCUT2D eigenvalue weighted by molar-refractivity contribution is 0.112. The minimum Gasteiger partial charge on any atom is -0.298 e. The van der Waals surface area contributed by atoms with E-state index in [-0.39, 0.29) is 0 Å². The zero-order valence-electron chi connectivity index (χ0n) is 8.54. The molecule has 2 aromatic carbocycles. The number of rotatable bonds is 3. The molecule has 0 heterocycles. The molecule has 16 heavy (non-hydrogen) atoms. The molecule has 0 N–H and O–H groups in total. The van der Waals surface area contributed by atoms with E-state index in [0.29, 0.717) is 22.9 Å². The third-order valence-electron chi connectivity index (χ3n) is 2.58.